The molecule has 2 rings (SSSR count). The van der Waals surface area contributed by atoms with Gasteiger partial charge < -0.3 is 5.32 Å². The Kier molecular flexibility index (Phi) is 3.23. The molecule has 0 aliphatic carbocycles. The summed E-state index contributed by atoms with van der Waals surface area (Å²) in [5.74, 6) is -0.879. The summed E-state index contributed by atoms with van der Waals surface area (Å²) in [6.07, 6.45) is 1.40. The van der Waals surface area contributed by atoms with Crippen molar-refractivity contribution >= 4 is 27.5 Å². The Morgan fingerprint density at radius 1 is 1.53 bits per heavy atom. The number of aryl methyl sites for hydroxylation is 1. The van der Waals surface area contributed by atoms with Gasteiger partial charge in [0.15, 0.2) is 0 Å². The van der Waals surface area contributed by atoms with Crippen LogP contribution < -0.4 is 5.32 Å². The summed E-state index contributed by atoms with van der Waals surface area (Å²) in [6, 6.07) is 4.35. The van der Waals surface area contributed by atoms with E-state index in [1.54, 1.807) is 13.0 Å². The molecule has 2 aromatic rings. The van der Waals surface area contributed by atoms with Crippen molar-refractivity contribution in [1.29, 1.82) is 0 Å². The first kappa shape index (κ1) is 11.8. The van der Waals surface area contributed by atoms with E-state index < -0.39 is 11.7 Å². The zero-order valence-electron chi connectivity index (χ0n) is 8.92. The first-order valence-corrected chi connectivity index (χ1v) is 5.63. The summed E-state index contributed by atoms with van der Waals surface area (Å²) in [4.78, 5) is 11.8. The van der Waals surface area contributed by atoms with Gasteiger partial charge in [0.2, 0.25) is 0 Å². The van der Waals surface area contributed by atoms with Gasteiger partial charge in [-0.1, -0.05) is 15.9 Å². The van der Waals surface area contributed by atoms with Gasteiger partial charge in [0.05, 0.1) is 17.4 Å². The fraction of sp³-hybridized carbons (Fsp3) is 0.0909. The third-order valence-electron chi connectivity index (χ3n) is 2.25. The monoisotopic (exact) mass is 297 g/mol. The normalized spacial score (nSPS) is 10.3. The largest absolute Gasteiger partial charge is 0.319 e. The number of benzene rings is 1. The molecule has 0 atom stereocenters. The third-order valence-corrected chi connectivity index (χ3v) is 2.74. The third kappa shape index (κ3) is 2.52. The minimum absolute atomic E-state index is 0.130. The standard InChI is InChI=1S/C11H9BrFN3O/c1-6-8(5-14-16-6)11(17)15-10-4-7(12)2-3-9(10)13/h2-5H,1H3,(H,14,16)(H,15,17). The van der Waals surface area contributed by atoms with Crippen molar-refractivity contribution in [2.24, 2.45) is 0 Å². The number of amides is 1. The smallest absolute Gasteiger partial charge is 0.259 e. The second-order valence-corrected chi connectivity index (χ2v) is 4.40. The molecule has 1 aromatic carbocycles. The number of nitrogens with one attached hydrogen (secondary N) is 2. The second kappa shape index (κ2) is 4.67. The number of hydrogen-bond donors (Lipinski definition) is 2. The number of aromatic nitrogens is 2. The lowest BCUT2D eigenvalue weighted by molar-refractivity contribution is 0.102. The van der Waals surface area contributed by atoms with Gasteiger partial charge in [-0.15, -0.1) is 0 Å². The zero-order valence-corrected chi connectivity index (χ0v) is 10.5. The van der Waals surface area contributed by atoms with E-state index in [9.17, 15) is 9.18 Å². The molecule has 0 spiro atoms. The van der Waals surface area contributed by atoms with E-state index in [0.717, 1.165) is 0 Å². The fourth-order valence-electron chi connectivity index (χ4n) is 1.36. The predicted octanol–water partition coefficient (Wildman–Crippen LogP) is 2.87. The predicted molar refractivity (Wildman–Crippen MR) is 65.4 cm³/mol. The van der Waals surface area contributed by atoms with Gasteiger partial charge in [-0.3, -0.25) is 9.89 Å². The van der Waals surface area contributed by atoms with E-state index >= 15 is 0 Å². The molecular formula is C11H9BrFN3O. The summed E-state index contributed by atoms with van der Waals surface area (Å²) in [6.45, 7) is 1.72. The lowest BCUT2D eigenvalue weighted by atomic mass is 10.2. The Hall–Kier alpha value is -1.69. The van der Waals surface area contributed by atoms with Crippen LogP contribution in [0.5, 0.6) is 0 Å². The van der Waals surface area contributed by atoms with Crippen LogP contribution in [0.2, 0.25) is 0 Å². The average molecular weight is 298 g/mol. The summed E-state index contributed by atoms with van der Waals surface area (Å²) in [5, 5.41) is 8.87. The zero-order chi connectivity index (χ0) is 12.4. The van der Waals surface area contributed by atoms with Crippen LogP contribution in [0.25, 0.3) is 0 Å². The van der Waals surface area contributed by atoms with Crippen molar-refractivity contribution in [2.45, 2.75) is 6.92 Å². The molecule has 1 heterocycles. The maximum absolute atomic E-state index is 13.4. The van der Waals surface area contributed by atoms with Crippen LogP contribution in [-0.4, -0.2) is 16.1 Å². The van der Waals surface area contributed by atoms with Crippen molar-refractivity contribution in [3.63, 3.8) is 0 Å². The molecule has 17 heavy (non-hydrogen) atoms. The molecule has 1 aromatic heterocycles. The first-order valence-electron chi connectivity index (χ1n) is 4.84. The highest BCUT2D eigenvalue weighted by molar-refractivity contribution is 9.10. The maximum Gasteiger partial charge on any atom is 0.259 e. The molecular weight excluding hydrogens is 289 g/mol. The highest BCUT2D eigenvalue weighted by Crippen LogP contribution is 2.20. The minimum atomic E-state index is -0.484. The maximum atomic E-state index is 13.4. The van der Waals surface area contributed by atoms with E-state index in [4.69, 9.17) is 0 Å². The quantitative estimate of drug-likeness (QED) is 0.895. The lowest BCUT2D eigenvalue weighted by Crippen LogP contribution is -2.13. The topological polar surface area (TPSA) is 57.8 Å². The summed E-state index contributed by atoms with van der Waals surface area (Å²) < 4.78 is 14.1. The number of hydrogen-bond acceptors (Lipinski definition) is 2. The van der Waals surface area contributed by atoms with Crippen molar-refractivity contribution in [1.82, 2.24) is 10.2 Å². The van der Waals surface area contributed by atoms with Crippen LogP contribution in [0.4, 0.5) is 10.1 Å². The number of aromatic amines is 1. The number of anilines is 1. The lowest BCUT2D eigenvalue weighted by Gasteiger charge is -2.06. The number of carbonyl (C=O) groups is 1. The number of nitrogens with zero attached hydrogens (tertiary/aromatic N) is 1. The molecule has 4 nitrogen and oxygen atoms in total. The SMILES string of the molecule is Cc1[nH]ncc1C(=O)Nc1cc(Br)ccc1F. The van der Waals surface area contributed by atoms with Crippen molar-refractivity contribution in [3.8, 4) is 0 Å². The molecule has 0 unspecified atom stereocenters. The molecule has 0 saturated carbocycles. The molecule has 0 aliphatic heterocycles. The Labute approximate surface area is 105 Å². The summed E-state index contributed by atoms with van der Waals surface area (Å²) >= 11 is 3.21. The van der Waals surface area contributed by atoms with E-state index in [2.05, 4.69) is 31.4 Å². The number of halogens is 2. The van der Waals surface area contributed by atoms with Crippen LogP contribution in [0.1, 0.15) is 16.1 Å². The molecule has 0 bridgehead atoms. The van der Waals surface area contributed by atoms with Gasteiger partial charge >= 0.3 is 0 Å². The minimum Gasteiger partial charge on any atom is -0.319 e. The number of H-pyrrole nitrogens is 1. The molecule has 1 amide bonds. The Bertz CT molecular complexity index is 568. The molecule has 2 N–H and O–H groups in total. The summed E-state index contributed by atoms with van der Waals surface area (Å²) in [7, 11) is 0. The molecule has 6 heteroatoms. The van der Waals surface area contributed by atoms with E-state index in [1.807, 2.05) is 0 Å². The van der Waals surface area contributed by atoms with Crippen LogP contribution in [0, 0.1) is 12.7 Å². The molecule has 0 aliphatic rings. The van der Waals surface area contributed by atoms with Gasteiger partial charge in [0, 0.05) is 10.2 Å². The number of carbonyl (C=O) groups excluding carboxylic acids is 1. The average Bonchev–Trinajstić information content (AvgIpc) is 2.70. The summed E-state index contributed by atoms with van der Waals surface area (Å²) in [5.41, 5.74) is 1.16. The second-order valence-electron chi connectivity index (χ2n) is 3.49. The van der Waals surface area contributed by atoms with Crippen LogP contribution >= 0.6 is 15.9 Å². The van der Waals surface area contributed by atoms with Gasteiger partial charge in [-0.05, 0) is 25.1 Å². The highest BCUT2D eigenvalue weighted by atomic mass is 79.9. The van der Waals surface area contributed by atoms with E-state index in [-0.39, 0.29) is 5.69 Å². The van der Waals surface area contributed by atoms with Crippen molar-refractivity contribution in [3.05, 3.63) is 45.9 Å². The highest BCUT2D eigenvalue weighted by Gasteiger charge is 2.13. The van der Waals surface area contributed by atoms with Crippen LogP contribution in [-0.2, 0) is 0 Å². The van der Waals surface area contributed by atoms with Crippen LogP contribution in [0.15, 0.2) is 28.9 Å². The van der Waals surface area contributed by atoms with Gasteiger partial charge in [-0.25, -0.2) is 4.39 Å². The Morgan fingerprint density at radius 2 is 2.29 bits per heavy atom. The Morgan fingerprint density at radius 3 is 2.94 bits per heavy atom. The van der Waals surface area contributed by atoms with Gasteiger partial charge in [0.25, 0.3) is 5.91 Å². The first-order chi connectivity index (χ1) is 8.08. The van der Waals surface area contributed by atoms with Crippen molar-refractivity contribution < 1.29 is 9.18 Å². The fourth-order valence-corrected chi connectivity index (χ4v) is 1.72. The molecule has 0 radical (unpaired) electrons. The van der Waals surface area contributed by atoms with Gasteiger partial charge in [-0.2, -0.15) is 5.10 Å². The van der Waals surface area contributed by atoms with Gasteiger partial charge in [0.1, 0.15) is 5.82 Å². The number of rotatable bonds is 2. The van der Waals surface area contributed by atoms with Crippen molar-refractivity contribution in [2.75, 3.05) is 5.32 Å². The Balaban J connectivity index is 2.24. The molecule has 0 fully saturated rings. The molecule has 0 saturated heterocycles. The van der Waals surface area contributed by atoms with E-state index in [1.165, 1.54) is 18.3 Å². The van der Waals surface area contributed by atoms with Crippen LogP contribution in [0.3, 0.4) is 0 Å². The molecule has 88 valence electrons. The van der Waals surface area contributed by atoms with E-state index in [0.29, 0.717) is 15.7 Å².